The molecule has 4 rings (SSSR count). The second-order valence-corrected chi connectivity index (χ2v) is 7.79. The van der Waals surface area contributed by atoms with Crippen molar-refractivity contribution in [3.05, 3.63) is 60.7 Å². The molecule has 0 aliphatic heterocycles. The van der Waals surface area contributed by atoms with Crippen molar-refractivity contribution in [2.45, 2.75) is 9.92 Å². The number of sulfone groups is 1. The Morgan fingerprint density at radius 2 is 1.61 bits per heavy atom. The zero-order valence-corrected chi connectivity index (χ0v) is 17.2. The smallest absolute Gasteiger partial charge is 0.226 e. The van der Waals surface area contributed by atoms with Crippen molar-refractivity contribution < 1.29 is 8.42 Å². The number of H-pyrrole nitrogens is 1. The number of aromatic nitrogens is 2. The number of nitrogens with zero attached hydrogens (tertiary/aromatic N) is 1. The van der Waals surface area contributed by atoms with Gasteiger partial charge in [0.05, 0.1) is 16.1 Å². The molecule has 6 nitrogen and oxygen atoms in total. The third kappa shape index (κ3) is 3.66. The first-order valence-corrected chi connectivity index (χ1v) is 9.75. The molecule has 0 fully saturated rings. The van der Waals surface area contributed by atoms with Gasteiger partial charge in [-0.2, -0.15) is 5.10 Å². The number of nitrogens with one attached hydrogen (secondary N) is 2. The highest BCUT2D eigenvalue weighted by Gasteiger charge is 2.26. The maximum Gasteiger partial charge on any atom is 0.226 e. The van der Waals surface area contributed by atoms with Crippen molar-refractivity contribution >= 4 is 62.0 Å². The minimum absolute atomic E-state index is 0. The molecule has 0 unspecified atom stereocenters. The maximum atomic E-state index is 13.3. The fourth-order valence-corrected chi connectivity index (χ4v) is 4.68. The number of aromatic amines is 1. The fourth-order valence-electron chi connectivity index (χ4n) is 3.11. The van der Waals surface area contributed by atoms with Crippen LogP contribution in [0.1, 0.15) is 0 Å². The highest BCUT2D eigenvalue weighted by Crippen LogP contribution is 2.32. The van der Waals surface area contributed by atoms with Gasteiger partial charge in [0.15, 0.2) is 5.03 Å². The molecule has 0 aliphatic rings. The Balaban J connectivity index is 0.00000140. The zero-order chi connectivity index (χ0) is 18.1. The molecule has 0 radical (unpaired) electrons. The summed E-state index contributed by atoms with van der Waals surface area (Å²) in [7, 11) is -3.78. The van der Waals surface area contributed by atoms with Crippen LogP contribution in [0.4, 0.5) is 5.69 Å². The summed E-state index contributed by atoms with van der Waals surface area (Å²) in [5, 5.41) is 12.3. The number of fused-ring (bicyclic) bond motifs is 2. The lowest BCUT2D eigenvalue weighted by Gasteiger charge is -2.07. The van der Waals surface area contributed by atoms with E-state index in [-0.39, 0.29) is 34.7 Å². The average Bonchev–Trinajstić information content (AvgIpc) is 3.11. The molecule has 0 saturated heterocycles. The fraction of sp³-hybridized carbons (Fsp3) is 0.105. The number of nitrogens with two attached hydrogens (primary N) is 1. The predicted octanol–water partition coefficient (Wildman–Crippen LogP) is 3.76. The van der Waals surface area contributed by atoms with Crippen molar-refractivity contribution in [3.63, 3.8) is 0 Å². The van der Waals surface area contributed by atoms with Gasteiger partial charge in [-0.3, -0.25) is 5.10 Å². The molecule has 0 atom stereocenters. The molecular weight excluding hydrogens is 419 g/mol. The number of benzene rings is 3. The van der Waals surface area contributed by atoms with E-state index in [9.17, 15) is 8.42 Å². The molecule has 1 aromatic heterocycles. The molecule has 4 aromatic rings. The predicted molar refractivity (Wildman–Crippen MR) is 118 cm³/mol. The lowest BCUT2D eigenvalue weighted by Crippen LogP contribution is -2.13. The summed E-state index contributed by atoms with van der Waals surface area (Å²) in [6.45, 7) is 1.06. The van der Waals surface area contributed by atoms with E-state index in [0.29, 0.717) is 29.4 Å². The van der Waals surface area contributed by atoms with Gasteiger partial charge < -0.3 is 11.1 Å². The Morgan fingerprint density at radius 1 is 0.929 bits per heavy atom. The lowest BCUT2D eigenvalue weighted by atomic mass is 10.1. The van der Waals surface area contributed by atoms with Gasteiger partial charge in [-0.1, -0.05) is 42.5 Å². The van der Waals surface area contributed by atoms with Crippen LogP contribution in [0.3, 0.4) is 0 Å². The largest absolute Gasteiger partial charge is 0.382 e. The molecule has 28 heavy (non-hydrogen) atoms. The summed E-state index contributed by atoms with van der Waals surface area (Å²) in [6, 6.07) is 18.1. The molecule has 1 heterocycles. The first-order valence-electron chi connectivity index (χ1n) is 8.27. The van der Waals surface area contributed by atoms with E-state index in [2.05, 4.69) is 15.5 Å². The van der Waals surface area contributed by atoms with Gasteiger partial charge in [-0.05, 0) is 23.6 Å². The van der Waals surface area contributed by atoms with Crippen LogP contribution in [0.25, 0.3) is 21.7 Å². The van der Waals surface area contributed by atoms with Gasteiger partial charge in [-0.25, -0.2) is 8.42 Å². The number of anilines is 1. The summed E-state index contributed by atoms with van der Waals surface area (Å²) < 4.78 is 26.7. The molecule has 0 aliphatic carbocycles. The molecule has 0 bridgehead atoms. The molecule has 3 aromatic carbocycles. The van der Waals surface area contributed by atoms with Crippen molar-refractivity contribution in [2.75, 3.05) is 18.4 Å². The Kier molecular flexibility index (Phi) is 6.90. The normalized spacial score (nSPS) is 11.0. The number of para-hydroxylation sites is 1. The van der Waals surface area contributed by atoms with Gasteiger partial charge >= 0.3 is 0 Å². The van der Waals surface area contributed by atoms with Crippen LogP contribution in [0.2, 0.25) is 0 Å². The number of hydrogen-bond acceptors (Lipinski definition) is 5. The quantitative estimate of drug-likeness (QED) is 0.440. The third-order valence-corrected chi connectivity index (χ3v) is 6.07. The number of hydrogen-bond donors (Lipinski definition) is 3. The van der Waals surface area contributed by atoms with Crippen molar-refractivity contribution in [2.24, 2.45) is 5.73 Å². The van der Waals surface area contributed by atoms with Gasteiger partial charge in [0.2, 0.25) is 9.84 Å². The monoisotopic (exact) mass is 438 g/mol. The van der Waals surface area contributed by atoms with E-state index in [1.807, 2.05) is 36.4 Å². The Bertz CT molecular complexity index is 1200. The standard InChI is InChI=1S/C19H18N4O2S.2ClH/c20-11-12-21-16-9-4-8-15-18(16)22-23-19(15)26(24,25)17-10-3-6-13-5-1-2-7-14(13)17;;/h1-10,21H,11-12,20H2,(H,22,23);2*1H. The minimum atomic E-state index is -3.78. The van der Waals surface area contributed by atoms with Gasteiger partial charge in [0.1, 0.15) is 0 Å². The molecule has 9 heteroatoms. The highest BCUT2D eigenvalue weighted by molar-refractivity contribution is 7.91. The Morgan fingerprint density at radius 3 is 2.39 bits per heavy atom. The summed E-state index contributed by atoms with van der Waals surface area (Å²) in [5.41, 5.74) is 6.97. The second-order valence-electron chi connectivity index (χ2n) is 5.95. The van der Waals surface area contributed by atoms with Gasteiger partial charge in [-0.15, -0.1) is 24.8 Å². The van der Waals surface area contributed by atoms with Crippen molar-refractivity contribution in [3.8, 4) is 0 Å². The average molecular weight is 439 g/mol. The van der Waals surface area contributed by atoms with Crippen LogP contribution < -0.4 is 11.1 Å². The van der Waals surface area contributed by atoms with Gasteiger partial charge in [0.25, 0.3) is 0 Å². The molecular formula is C19H20Cl2N4O2S. The van der Waals surface area contributed by atoms with Crippen molar-refractivity contribution in [1.82, 2.24) is 10.2 Å². The van der Waals surface area contributed by atoms with Gasteiger partial charge in [0, 0.05) is 23.9 Å². The molecule has 0 amide bonds. The first-order chi connectivity index (χ1) is 12.6. The van der Waals surface area contributed by atoms with Crippen molar-refractivity contribution in [1.29, 1.82) is 0 Å². The van der Waals surface area contributed by atoms with E-state index in [4.69, 9.17) is 5.73 Å². The molecule has 0 saturated carbocycles. The van der Waals surface area contributed by atoms with E-state index >= 15 is 0 Å². The molecule has 0 spiro atoms. The molecule has 148 valence electrons. The summed E-state index contributed by atoms with van der Waals surface area (Å²) in [6.07, 6.45) is 0. The van der Waals surface area contributed by atoms with E-state index < -0.39 is 9.84 Å². The number of halogens is 2. The van der Waals surface area contributed by atoms with E-state index in [0.717, 1.165) is 11.1 Å². The lowest BCUT2D eigenvalue weighted by molar-refractivity contribution is 0.593. The summed E-state index contributed by atoms with van der Waals surface area (Å²) in [5.74, 6) is 0. The molecule has 4 N–H and O–H groups in total. The van der Waals surface area contributed by atoms with Crippen LogP contribution in [-0.4, -0.2) is 31.7 Å². The van der Waals surface area contributed by atoms with Crippen LogP contribution in [0.15, 0.2) is 70.6 Å². The van der Waals surface area contributed by atoms with E-state index in [1.165, 1.54) is 0 Å². The minimum Gasteiger partial charge on any atom is -0.382 e. The maximum absolute atomic E-state index is 13.3. The third-order valence-electron chi connectivity index (χ3n) is 4.32. The van der Waals surface area contributed by atoms with Crippen LogP contribution in [-0.2, 0) is 9.84 Å². The van der Waals surface area contributed by atoms with Crippen LogP contribution in [0, 0.1) is 0 Å². The topological polar surface area (TPSA) is 101 Å². The summed E-state index contributed by atoms with van der Waals surface area (Å²) in [4.78, 5) is 0.254. The highest BCUT2D eigenvalue weighted by atomic mass is 35.5. The number of rotatable bonds is 5. The summed E-state index contributed by atoms with van der Waals surface area (Å²) >= 11 is 0. The first kappa shape index (κ1) is 22.0. The van der Waals surface area contributed by atoms with E-state index in [1.54, 1.807) is 24.3 Å². The zero-order valence-electron chi connectivity index (χ0n) is 14.8. The SMILES string of the molecule is Cl.Cl.NCCNc1cccc2c(S(=O)(=O)c3cccc4ccccc34)n[nH]c12. The Hall–Kier alpha value is -2.32. The second kappa shape index (κ2) is 8.79. The Labute approximate surface area is 175 Å². The van der Waals surface area contributed by atoms with Crippen LogP contribution in [0.5, 0.6) is 0 Å². The van der Waals surface area contributed by atoms with Crippen LogP contribution >= 0.6 is 24.8 Å².